The smallest absolute Gasteiger partial charge is 0.122 e. The SMILES string of the molecule is COc1cccc(C2=C(C)C(C)=C(C)C2C[Si](c2cc(C)cc(C)c2)c2cc(C)cc(C)c2)c1. The number of rotatable bonds is 6. The van der Waals surface area contributed by atoms with Crippen molar-refractivity contribution in [1.29, 1.82) is 0 Å². The predicted octanol–water partition coefficient (Wildman–Crippen LogP) is 6.98. The Morgan fingerprint density at radius 1 is 0.676 bits per heavy atom. The van der Waals surface area contributed by atoms with Gasteiger partial charge in [-0.1, -0.05) is 86.7 Å². The summed E-state index contributed by atoms with van der Waals surface area (Å²) in [4.78, 5) is 0. The molecule has 3 aromatic carbocycles. The summed E-state index contributed by atoms with van der Waals surface area (Å²) in [5.41, 5.74) is 12.6. The van der Waals surface area contributed by atoms with E-state index in [2.05, 4.69) is 103 Å². The summed E-state index contributed by atoms with van der Waals surface area (Å²) in [6, 6.07) is 24.1. The normalized spacial score (nSPS) is 16.1. The first-order valence-corrected chi connectivity index (χ1v) is 13.9. The van der Waals surface area contributed by atoms with Gasteiger partial charge in [0.1, 0.15) is 14.5 Å². The summed E-state index contributed by atoms with van der Waals surface area (Å²) in [6.45, 7) is 15.9. The van der Waals surface area contributed by atoms with Crippen LogP contribution in [0.25, 0.3) is 5.57 Å². The van der Waals surface area contributed by atoms with E-state index in [0.717, 1.165) is 11.8 Å². The van der Waals surface area contributed by atoms with Crippen molar-refractivity contribution in [2.75, 3.05) is 7.11 Å². The van der Waals surface area contributed by atoms with Crippen LogP contribution in [0.2, 0.25) is 6.04 Å². The van der Waals surface area contributed by atoms with E-state index in [9.17, 15) is 0 Å². The van der Waals surface area contributed by atoms with E-state index in [1.807, 2.05) is 6.07 Å². The Balaban J connectivity index is 1.85. The Morgan fingerprint density at radius 3 is 1.71 bits per heavy atom. The number of ether oxygens (including phenoxy) is 1. The fraction of sp³-hybridized carbons (Fsp3) is 0.312. The first kappa shape index (κ1) is 24.3. The highest BCUT2D eigenvalue weighted by molar-refractivity contribution is 6.85. The molecule has 175 valence electrons. The van der Waals surface area contributed by atoms with Crippen LogP contribution in [0.3, 0.4) is 0 Å². The van der Waals surface area contributed by atoms with Gasteiger partial charge >= 0.3 is 0 Å². The summed E-state index contributed by atoms with van der Waals surface area (Å²) >= 11 is 0. The van der Waals surface area contributed by atoms with Gasteiger partial charge in [-0.15, -0.1) is 0 Å². The van der Waals surface area contributed by atoms with Crippen molar-refractivity contribution in [1.82, 2.24) is 0 Å². The monoisotopic (exact) mass is 465 g/mol. The quantitative estimate of drug-likeness (QED) is 0.357. The highest BCUT2D eigenvalue weighted by Gasteiger charge is 2.32. The first-order chi connectivity index (χ1) is 16.2. The van der Waals surface area contributed by atoms with Crippen LogP contribution in [0.15, 0.2) is 77.4 Å². The maximum absolute atomic E-state index is 5.58. The van der Waals surface area contributed by atoms with Crippen molar-refractivity contribution in [3.63, 3.8) is 0 Å². The first-order valence-electron chi connectivity index (χ1n) is 12.2. The topological polar surface area (TPSA) is 9.23 Å². The molecule has 0 N–H and O–H groups in total. The number of hydrogen-bond donors (Lipinski definition) is 0. The highest BCUT2D eigenvalue weighted by Crippen LogP contribution is 2.45. The third-order valence-electron chi connectivity index (χ3n) is 7.36. The van der Waals surface area contributed by atoms with Gasteiger partial charge in [0.15, 0.2) is 0 Å². The molecule has 34 heavy (non-hydrogen) atoms. The molecular formula is C32H37OSi. The summed E-state index contributed by atoms with van der Waals surface area (Å²) in [6.07, 6.45) is 0. The standard InChI is InChI=1S/C32H37OSi/c1-20-12-21(2)15-29(14-20)34(30-16-22(3)13-23(4)17-30)19-31-25(6)24(5)26(7)32(31)27-10-9-11-28(18-27)33-8/h9-18,31H,19H2,1-8H3. The predicted molar refractivity (Wildman–Crippen MR) is 149 cm³/mol. The lowest BCUT2D eigenvalue weighted by Crippen LogP contribution is -2.44. The van der Waals surface area contributed by atoms with Crippen LogP contribution in [-0.2, 0) is 0 Å². The van der Waals surface area contributed by atoms with Crippen molar-refractivity contribution in [3.8, 4) is 5.75 Å². The number of allylic oxidation sites excluding steroid dienone is 4. The fourth-order valence-corrected chi connectivity index (χ4v) is 8.94. The molecule has 0 aliphatic heterocycles. The number of methoxy groups -OCH3 is 1. The molecule has 4 rings (SSSR count). The van der Waals surface area contributed by atoms with E-state index in [-0.39, 0.29) is 0 Å². The molecule has 0 fully saturated rings. The summed E-state index contributed by atoms with van der Waals surface area (Å²) in [5, 5.41) is 3.04. The van der Waals surface area contributed by atoms with Crippen molar-refractivity contribution in [2.24, 2.45) is 5.92 Å². The van der Waals surface area contributed by atoms with E-state index < -0.39 is 8.80 Å². The van der Waals surface area contributed by atoms with Gasteiger partial charge < -0.3 is 4.74 Å². The Kier molecular flexibility index (Phi) is 7.00. The molecule has 0 saturated heterocycles. The van der Waals surface area contributed by atoms with Gasteiger partial charge in [-0.3, -0.25) is 0 Å². The minimum Gasteiger partial charge on any atom is -0.497 e. The minimum atomic E-state index is -1.00. The molecule has 0 saturated carbocycles. The molecule has 0 bridgehead atoms. The molecule has 0 heterocycles. The van der Waals surface area contributed by atoms with E-state index in [1.165, 1.54) is 60.5 Å². The van der Waals surface area contributed by atoms with E-state index in [0.29, 0.717) is 5.92 Å². The average Bonchev–Trinajstić information content (AvgIpc) is 2.99. The van der Waals surface area contributed by atoms with Crippen molar-refractivity contribution >= 4 is 24.7 Å². The zero-order valence-corrected chi connectivity index (χ0v) is 23.0. The zero-order valence-electron chi connectivity index (χ0n) is 22.0. The summed E-state index contributed by atoms with van der Waals surface area (Å²) in [5.74, 6) is 1.34. The molecule has 0 aromatic heterocycles. The molecule has 1 atom stereocenters. The maximum atomic E-state index is 5.58. The number of aryl methyl sites for hydroxylation is 4. The van der Waals surface area contributed by atoms with Crippen LogP contribution in [-0.4, -0.2) is 15.9 Å². The van der Waals surface area contributed by atoms with Crippen LogP contribution in [0.4, 0.5) is 0 Å². The van der Waals surface area contributed by atoms with E-state index >= 15 is 0 Å². The molecule has 1 radical (unpaired) electrons. The average molecular weight is 466 g/mol. The second-order valence-corrected chi connectivity index (χ2v) is 12.6. The van der Waals surface area contributed by atoms with Gasteiger partial charge in [0.25, 0.3) is 0 Å². The highest BCUT2D eigenvalue weighted by atomic mass is 28.3. The van der Waals surface area contributed by atoms with Gasteiger partial charge in [0.05, 0.1) is 7.11 Å². The molecular weight excluding hydrogens is 428 g/mol. The van der Waals surface area contributed by atoms with Crippen LogP contribution in [0, 0.1) is 33.6 Å². The second-order valence-electron chi connectivity index (χ2n) is 10.1. The van der Waals surface area contributed by atoms with Gasteiger partial charge in [0, 0.05) is 5.92 Å². The Bertz CT molecular complexity index is 1200. The largest absolute Gasteiger partial charge is 0.497 e. The van der Waals surface area contributed by atoms with Gasteiger partial charge in [-0.2, -0.15) is 0 Å². The van der Waals surface area contributed by atoms with Crippen LogP contribution < -0.4 is 15.1 Å². The van der Waals surface area contributed by atoms with Gasteiger partial charge in [0.2, 0.25) is 0 Å². The van der Waals surface area contributed by atoms with E-state index in [4.69, 9.17) is 4.74 Å². The van der Waals surface area contributed by atoms with Crippen LogP contribution in [0.1, 0.15) is 48.6 Å². The molecule has 3 aromatic rings. The van der Waals surface area contributed by atoms with Crippen molar-refractivity contribution < 1.29 is 4.74 Å². The van der Waals surface area contributed by atoms with Crippen molar-refractivity contribution in [2.45, 2.75) is 54.5 Å². The molecule has 1 unspecified atom stereocenters. The minimum absolute atomic E-state index is 0.419. The van der Waals surface area contributed by atoms with Gasteiger partial charge in [-0.25, -0.2) is 0 Å². The molecule has 1 nitrogen and oxygen atoms in total. The summed E-state index contributed by atoms with van der Waals surface area (Å²) < 4.78 is 5.58. The third kappa shape index (κ3) is 4.83. The molecule has 2 heteroatoms. The Labute approximate surface area is 207 Å². The lowest BCUT2D eigenvalue weighted by atomic mass is 9.91. The van der Waals surface area contributed by atoms with E-state index in [1.54, 1.807) is 7.11 Å². The number of benzene rings is 3. The Hall–Kier alpha value is -2.84. The lowest BCUT2D eigenvalue weighted by molar-refractivity contribution is 0.414. The Morgan fingerprint density at radius 2 is 1.21 bits per heavy atom. The third-order valence-corrected chi connectivity index (χ3v) is 10.1. The number of hydrogen-bond acceptors (Lipinski definition) is 1. The lowest BCUT2D eigenvalue weighted by Gasteiger charge is -2.26. The maximum Gasteiger partial charge on any atom is 0.122 e. The summed E-state index contributed by atoms with van der Waals surface area (Å²) in [7, 11) is 0.748. The molecule has 0 spiro atoms. The molecule has 1 aliphatic rings. The second kappa shape index (κ2) is 9.80. The van der Waals surface area contributed by atoms with Gasteiger partial charge in [-0.05, 0) is 88.9 Å². The molecule has 1 aliphatic carbocycles. The van der Waals surface area contributed by atoms with Crippen LogP contribution >= 0.6 is 0 Å². The zero-order chi connectivity index (χ0) is 24.6. The fourth-order valence-electron chi connectivity index (χ4n) is 5.60. The molecule has 0 amide bonds. The van der Waals surface area contributed by atoms with Crippen molar-refractivity contribution in [3.05, 3.63) is 105 Å². The van der Waals surface area contributed by atoms with Crippen LogP contribution in [0.5, 0.6) is 5.75 Å².